The van der Waals surface area contributed by atoms with Gasteiger partial charge in [-0.25, -0.2) is 15.0 Å². The van der Waals surface area contributed by atoms with E-state index in [0.717, 1.165) is 88.7 Å². The zero-order valence-corrected chi connectivity index (χ0v) is 33.4. The first-order chi connectivity index (χ1) is 30.7. The molecular formula is C56H35N5O. The fourth-order valence-electron chi connectivity index (χ4n) is 8.84. The van der Waals surface area contributed by atoms with E-state index in [-0.39, 0.29) is 0 Å². The second-order valence-electron chi connectivity index (χ2n) is 15.4. The van der Waals surface area contributed by atoms with Gasteiger partial charge < -0.3 is 8.98 Å². The summed E-state index contributed by atoms with van der Waals surface area (Å²) in [5.41, 5.74) is 13.5. The van der Waals surface area contributed by atoms with Crippen LogP contribution in [-0.4, -0.2) is 24.5 Å². The Morgan fingerprint density at radius 3 is 1.63 bits per heavy atom. The van der Waals surface area contributed by atoms with E-state index in [1.165, 1.54) is 5.39 Å². The van der Waals surface area contributed by atoms with Gasteiger partial charge in [-0.1, -0.05) is 158 Å². The Morgan fingerprint density at radius 2 is 0.968 bits per heavy atom. The van der Waals surface area contributed by atoms with Gasteiger partial charge in [-0.05, 0) is 65.2 Å². The summed E-state index contributed by atoms with van der Waals surface area (Å²) in [4.78, 5) is 20.6. The number of rotatable bonds is 7. The molecule has 0 spiro atoms. The number of aromatic nitrogens is 5. The van der Waals surface area contributed by atoms with Gasteiger partial charge in [0.2, 0.25) is 0 Å². The first-order valence-electron chi connectivity index (χ1n) is 20.7. The van der Waals surface area contributed by atoms with Crippen molar-refractivity contribution < 1.29 is 4.42 Å². The van der Waals surface area contributed by atoms with Crippen molar-refractivity contribution >= 4 is 43.7 Å². The standard InChI is InChI=1S/C56H35N5O/c1-5-17-36(18-6-1)42-25-13-14-26-43(42)39-29-31-48(57-35-39)40-33-46-51-50(32-30-45-44-27-15-16-28-49(44)61(52(45)51)41-23-11-4-12-24-41)62-53(46)47(34-40)56-59-54(37-19-7-2-8-20-37)58-55(60-56)38-21-9-3-10-22-38/h1-35H. The van der Waals surface area contributed by atoms with Crippen molar-refractivity contribution in [2.75, 3.05) is 0 Å². The Balaban J connectivity index is 1.14. The van der Waals surface area contributed by atoms with Gasteiger partial charge in [0.25, 0.3) is 0 Å². The third-order valence-corrected chi connectivity index (χ3v) is 11.7. The summed E-state index contributed by atoms with van der Waals surface area (Å²) in [5.74, 6) is 1.67. The summed E-state index contributed by atoms with van der Waals surface area (Å²) < 4.78 is 9.37. The van der Waals surface area contributed by atoms with Crippen LogP contribution in [0.1, 0.15) is 0 Å². The van der Waals surface area contributed by atoms with E-state index in [2.05, 4.69) is 144 Å². The van der Waals surface area contributed by atoms with Crippen molar-refractivity contribution in [3.63, 3.8) is 0 Å². The molecule has 0 aliphatic rings. The van der Waals surface area contributed by atoms with Crippen LogP contribution in [0.25, 0.3) is 117 Å². The van der Waals surface area contributed by atoms with Crippen molar-refractivity contribution in [2.45, 2.75) is 0 Å². The molecule has 0 radical (unpaired) electrons. The van der Waals surface area contributed by atoms with Crippen LogP contribution in [0, 0.1) is 0 Å². The van der Waals surface area contributed by atoms with Gasteiger partial charge in [0, 0.05) is 50.3 Å². The quantitative estimate of drug-likeness (QED) is 0.161. The van der Waals surface area contributed by atoms with E-state index < -0.39 is 0 Å². The van der Waals surface area contributed by atoms with E-state index in [9.17, 15) is 0 Å². The van der Waals surface area contributed by atoms with E-state index in [0.29, 0.717) is 23.1 Å². The molecule has 0 saturated heterocycles. The highest BCUT2D eigenvalue weighted by molar-refractivity contribution is 6.26. The maximum Gasteiger partial charge on any atom is 0.167 e. The Kier molecular flexibility index (Phi) is 8.38. The average Bonchev–Trinajstić information content (AvgIpc) is 3.90. The molecule has 0 N–H and O–H groups in total. The summed E-state index contributed by atoms with van der Waals surface area (Å²) in [7, 11) is 0. The number of benzene rings is 8. The molecule has 0 aliphatic heterocycles. The van der Waals surface area contributed by atoms with Gasteiger partial charge in [0.1, 0.15) is 11.2 Å². The van der Waals surface area contributed by atoms with E-state index >= 15 is 0 Å². The minimum absolute atomic E-state index is 0.511. The molecule has 0 bridgehead atoms. The number of fused-ring (bicyclic) bond motifs is 7. The summed E-state index contributed by atoms with van der Waals surface area (Å²) in [6, 6.07) is 71.1. The lowest BCUT2D eigenvalue weighted by Crippen LogP contribution is -2.00. The fraction of sp³-hybridized carbons (Fsp3) is 0. The van der Waals surface area contributed by atoms with Crippen LogP contribution in [0.15, 0.2) is 217 Å². The largest absolute Gasteiger partial charge is 0.455 e. The molecule has 12 aromatic rings. The number of pyridine rings is 1. The molecule has 4 aromatic heterocycles. The van der Waals surface area contributed by atoms with Crippen LogP contribution < -0.4 is 0 Å². The van der Waals surface area contributed by atoms with Crippen molar-refractivity contribution in [1.29, 1.82) is 0 Å². The molecule has 62 heavy (non-hydrogen) atoms. The summed E-state index contributed by atoms with van der Waals surface area (Å²) >= 11 is 0. The second-order valence-corrected chi connectivity index (χ2v) is 15.4. The molecular weight excluding hydrogens is 759 g/mol. The van der Waals surface area contributed by atoms with Gasteiger partial charge in [-0.3, -0.25) is 4.98 Å². The lowest BCUT2D eigenvalue weighted by molar-refractivity contribution is 0.669. The third kappa shape index (κ3) is 5.96. The normalized spacial score (nSPS) is 11.5. The molecule has 0 atom stereocenters. The molecule has 0 amide bonds. The maximum absolute atomic E-state index is 7.01. The third-order valence-electron chi connectivity index (χ3n) is 11.7. The molecule has 0 aliphatic carbocycles. The predicted octanol–water partition coefficient (Wildman–Crippen LogP) is 14.3. The summed E-state index contributed by atoms with van der Waals surface area (Å²) in [6.45, 7) is 0. The van der Waals surface area contributed by atoms with Crippen LogP contribution in [0.5, 0.6) is 0 Å². The van der Waals surface area contributed by atoms with Crippen LogP contribution in [0.3, 0.4) is 0 Å². The Hall–Kier alpha value is -8.48. The highest BCUT2D eigenvalue weighted by atomic mass is 16.3. The summed E-state index contributed by atoms with van der Waals surface area (Å²) in [6.07, 6.45) is 1.98. The lowest BCUT2D eigenvalue weighted by Gasteiger charge is -2.12. The highest BCUT2D eigenvalue weighted by Crippen LogP contribution is 2.45. The minimum Gasteiger partial charge on any atom is -0.455 e. The van der Waals surface area contributed by atoms with Crippen molar-refractivity contribution in [1.82, 2.24) is 24.5 Å². The Labute approximate surface area is 357 Å². The van der Waals surface area contributed by atoms with Crippen LogP contribution in [0.2, 0.25) is 0 Å². The van der Waals surface area contributed by atoms with E-state index in [1.807, 2.05) is 72.9 Å². The molecule has 0 unspecified atom stereocenters. The van der Waals surface area contributed by atoms with Crippen LogP contribution in [-0.2, 0) is 0 Å². The number of nitrogens with zero attached hydrogens (tertiary/aromatic N) is 5. The topological polar surface area (TPSA) is 69.6 Å². The molecule has 0 saturated carbocycles. The van der Waals surface area contributed by atoms with Crippen molar-refractivity contribution in [3.05, 3.63) is 212 Å². The second kappa shape index (κ2) is 14.7. The maximum atomic E-state index is 7.01. The fourth-order valence-corrected chi connectivity index (χ4v) is 8.84. The highest BCUT2D eigenvalue weighted by Gasteiger charge is 2.24. The van der Waals surface area contributed by atoms with Gasteiger partial charge >= 0.3 is 0 Å². The smallest absolute Gasteiger partial charge is 0.167 e. The predicted molar refractivity (Wildman–Crippen MR) is 252 cm³/mol. The molecule has 4 heterocycles. The summed E-state index contributed by atoms with van der Waals surface area (Å²) in [5, 5.41) is 4.27. The first kappa shape index (κ1) is 35.5. The van der Waals surface area contributed by atoms with Gasteiger partial charge in [-0.15, -0.1) is 0 Å². The van der Waals surface area contributed by atoms with Gasteiger partial charge in [0.15, 0.2) is 17.5 Å². The molecule has 6 heteroatoms. The number of hydrogen-bond acceptors (Lipinski definition) is 5. The first-order valence-corrected chi connectivity index (χ1v) is 20.7. The molecule has 6 nitrogen and oxygen atoms in total. The van der Waals surface area contributed by atoms with Gasteiger partial charge in [0.05, 0.1) is 27.7 Å². The number of para-hydroxylation sites is 2. The van der Waals surface area contributed by atoms with E-state index in [4.69, 9.17) is 24.4 Å². The zero-order valence-electron chi connectivity index (χ0n) is 33.4. The SMILES string of the molecule is c1ccc(-c2nc(-c3ccccc3)nc(-c3cc(-c4ccc(-c5ccccc5-c5ccccc5)cn4)cc4c3oc3ccc5c6ccccc6n(-c6ccccc6)c5c34)n2)cc1. The van der Waals surface area contributed by atoms with Crippen molar-refractivity contribution in [3.8, 4) is 73.4 Å². The van der Waals surface area contributed by atoms with Crippen LogP contribution in [0.4, 0.5) is 0 Å². The molecule has 8 aromatic carbocycles. The monoisotopic (exact) mass is 793 g/mol. The van der Waals surface area contributed by atoms with Crippen molar-refractivity contribution in [2.24, 2.45) is 0 Å². The molecule has 0 fully saturated rings. The average molecular weight is 794 g/mol. The van der Waals surface area contributed by atoms with Gasteiger partial charge in [-0.2, -0.15) is 0 Å². The number of furan rings is 1. The minimum atomic E-state index is 0.511. The van der Waals surface area contributed by atoms with E-state index in [1.54, 1.807) is 0 Å². The zero-order chi connectivity index (χ0) is 41.0. The molecule has 290 valence electrons. The Morgan fingerprint density at radius 1 is 0.387 bits per heavy atom. The Bertz CT molecular complexity index is 3540. The number of hydrogen-bond donors (Lipinski definition) is 0. The molecule has 12 rings (SSSR count). The van der Waals surface area contributed by atoms with Crippen LogP contribution >= 0.6 is 0 Å². The lowest BCUT2D eigenvalue weighted by atomic mass is 9.95.